The molecule has 0 fully saturated rings. The van der Waals surface area contributed by atoms with Crippen molar-refractivity contribution in [2.75, 3.05) is 19.8 Å². The van der Waals surface area contributed by atoms with Crippen LogP contribution in [-0.2, 0) is 9.47 Å². The molecule has 0 aromatic rings. The molecule has 0 radical (unpaired) electrons. The fourth-order valence-corrected chi connectivity index (χ4v) is 0.829. The smallest absolute Gasteiger partial charge is 0.407 e. The lowest BCUT2D eigenvalue weighted by atomic mass is 10.4. The molecule has 0 saturated heterocycles. The van der Waals surface area contributed by atoms with E-state index in [9.17, 15) is 4.79 Å². The van der Waals surface area contributed by atoms with Gasteiger partial charge < -0.3 is 14.8 Å². The van der Waals surface area contributed by atoms with E-state index in [1.54, 1.807) is 0 Å². The van der Waals surface area contributed by atoms with E-state index in [0.717, 1.165) is 19.4 Å². The van der Waals surface area contributed by atoms with Gasteiger partial charge in [0.15, 0.2) is 0 Å². The number of nitrogens with one attached hydrogen (secondary N) is 1. The lowest BCUT2D eigenvalue weighted by molar-refractivity contribution is 0.104. The quantitative estimate of drug-likeness (QED) is 0.643. The zero-order valence-electron chi connectivity index (χ0n) is 9.34. The van der Waals surface area contributed by atoms with E-state index in [-0.39, 0.29) is 12.2 Å². The molecule has 84 valence electrons. The van der Waals surface area contributed by atoms with Gasteiger partial charge in [0.2, 0.25) is 0 Å². The van der Waals surface area contributed by atoms with E-state index in [0.29, 0.717) is 13.2 Å². The highest BCUT2D eigenvalue weighted by Crippen LogP contribution is 1.89. The summed E-state index contributed by atoms with van der Waals surface area (Å²) in [5, 5.41) is 2.60. The molecule has 4 nitrogen and oxygen atoms in total. The zero-order valence-corrected chi connectivity index (χ0v) is 9.34. The van der Waals surface area contributed by atoms with Crippen LogP contribution in [-0.4, -0.2) is 32.0 Å². The summed E-state index contributed by atoms with van der Waals surface area (Å²) in [6.45, 7) is 7.57. The maximum Gasteiger partial charge on any atom is 0.407 e. The monoisotopic (exact) mass is 203 g/mol. The van der Waals surface area contributed by atoms with Crippen molar-refractivity contribution >= 4 is 6.09 Å². The maximum absolute atomic E-state index is 11.0. The van der Waals surface area contributed by atoms with Gasteiger partial charge in [-0.1, -0.05) is 13.3 Å². The highest BCUT2D eigenvalue weighted by molar-refractivity contribution is 5.67. The Morgan fingerprint density at radius 3 is 2.64 bits per heavy atom. The number of ether oxygens (including phenoxy) is 2. The molecule has 0 aromatic heterocycles. The topological polar surface area (TPSA) is 47.6 Å². The van der Waals surface area contributed by atoms with E-state index in [1.807, 2.05) is 13.8 Å². The summed E-state index contributed by atoms with van der Waals surface area (Å²) in [7, 11) is 0. The van der Waals surface area contributed by atoms with Crippen molar-refractivity contribution in [3.05, 3.63) is 0 Å². The minimum Gasteiger partial charge on any atom is -0.447 e. The van der Waals surface area contributed by atoms with Crippen molar-refractivity contribution in [1.29, 1.82) is 0 Å². The number of rotatable bonds is 7. The van der Waals surface area contributed by atoms with Gasteiger partial charge in [-0.15, -0.1) is 0 Å². The lowest BCUT2D eigenvalue weighted by Crippen LogP contribution is -2.29. The second kappa shape index (κ2) is 8.81. The van der Waals surface area contributed by atoms with Gasteiger partial charge in [-0.25, -0.2) is 4.79 Å². The highest BCUT2D eigenvalue weighted by Gasteiger charge is 2.02. The Morgan fingerprint density at radius 1 is 1.36 bits per heavy atom. The van der Waals surface area contributed by atoms with Crippen molar-refractivity contribution in [2.24, 2.45) is 0 Å². The molecule has 0 atom stereocenters. The Bertz CT molecular complexity index is 148. The molecule has 0 aliphatic carbocycles. The first-order valence-corrected chi connectivity index (χ1v) is 5.19. The van der Waals surface area contributed by atoms with Crippen LogP contribution in [0.2, 0.25) is 0 Å². The van der Waals surface area contributed by atoms with Gasteiger partial charge in [-0.3, -0.25) is 0 Å². The van der Waals surface area contributed by atoms with Crippen LogP contribution in [0, 0.1) is 0 Å². The predicted molar refractivity (Wildman–Crippen MR) is 55.3 cm³/mol. The van der Waals surface area contributed by atoms with Gasteiger partial charge in [-0.2, -0.15) is 0 Å². The summed E-state index contributed by atoms with van der Waals surface area (Å²) in [6, 6.07) is 0. The fourth-order valence-electron chi connectivity index (χ4n) is 0.829. The standard InChI is InChI=1S/C10H21NO3/c1-4-5-7-13-8-6-11-10(12)14-9(2)3/h9H,4-8H2,1-3H3,(H,11,12). The molecule has 1 amide bonds. The molecule has 0 aromatic carbocycles. The third kappa shape index (κ3) is 9.32. The molecule has 0 aliphatic heterocycles. The lowest BCUT2D eigenvalue weighted by Gasteiger charge is -2.09. The SMILES string of the molecule is CCCCOCCNC(=O)OC(C)C. The van der Waals surface area contributed by atoms with Crippen molar-refractivity contribution in [3.8, 4) is 0 Å². The molecule has 0 bridgehead atoms. The van der Waals surface area contributed by atoms with Gasteiger partial charge in [0.1, 0.15) is 0 Å². The Morgan fingerprint density at radius 2 is 2.07 bits per heavy atom. The number of unbranched alkanes of at least 4 members (excludes halogenated alkanes) is 1. The van der Waals surface area contributed by atoms with E-state index in [4.69, 9.17) is 9.47 Å². The second-order valence-corrected chi connectivity index (χ2v) is 3.35. The normalized spacial score (nSPS) is 10.3. The Balaban J connectivity index is 3.15. The minimum atomic E-state index is -0.376. The first kappa shape index (κ1) is 13.2. The van der Waals surface area contributed by atoms with Crippen molar-refractivity contribution in [3.63, 3.8) is 0 Å². The average Bonchev–Trinajstić information content (AvgIpc) is 2.10. The fraction of sp³-hybridized carbons (Fsp3) is 0.900. The largest absolute Gasteiger partial charge is 0.447 e. The van der Waals surface area contributed by atoms with Gasteiger partial charge in [0.05, 0.1) is 12.7 Å². The van der Waals surface area contributed by atoms with Gasteiger partial charge in [-0.05, 0) is 20.3 Å². The Kier molecular flexibility index (Phi) is 8.33. The van der Waals surface area contributed by atoms with E-state index >= 15 is 0 Å². The second-order valence-electron chi connectivity index (χ2n) is 3.35. The molecule has 4 heteroatoms. The van der Waals surface area contributed by atoms with Gasteiger partial charge in [0, 0.05) is 13.2 Å². The molecule has 1 N–H and O–H groups in total. The number of hydrogen-bond donors (Lipinski definition) is 1. The van der Waals surface area contributed by atoms with E-state index < -0.39 is 0 Å². The summed E-state index contributed by atoms with van der Waals surface area (Å²) in [5.74, 6) is 0. The molecule has 0 saturated carbocycles. The van der Waals surface area contributed by atoms with Crippen LogP contribution in [0.4, 0.5) is 4.79 Å². The molecule has 0 unspecified atom stereocenters. The Labute approximate surface area is 86.0 Å². The van der Waals surface area contributed by atoms with E-state index in [1.165, 1.54) is 0 Å². The first-order chi connectivity index (χ1) is 6.66. The van der Waals surface area contributed by atoms with Crippen LogP contribution in [0.25, 0.3) is 0 Å². The summed E-state index contributed by atoms with van der Waals surface area (Å²) in [6.07, 6.45) is 1.74. The molecular formula is C10H21NO3. The third-order valence-corrected chi connectivity index (χ3v) is 1.50. The van der Waals surface area contributed by atoms with Crippen LogP contribution < -0.4 is 5.32 Å². The van der Waals surface area contributed by atoms with E-state index in [2.05, 4.69) is 12.2 Å². The van der Waals surface area contributed by atoms with Crippen molar-refractivity contribution in [1.82, 2.24) is 5.32 Å². The third-order valence-electron chi connectivity index (χ3n) is 1.50. The molecule has 0 spiro atoms. The molecule has 0 aliphatic rings. The van der Waals surface area contributed by atoms with Gasteiger partial charge in [0.25, 0.3) is 0 Å². The summed E-state index contributed by atoms with van der Waals surface area (Å²) >= 11 is 0. The van der Waals surface area contributed by atoms with Crippen molar-refractivity contribution in [2.45, 2.75) is 39.7 Å². The van der Waals surface area contributed by atoms with Crippen LogP contribution in [0.15, 0.2) is 0 Å². The van der Waals surface area contributed by atoms with Crippen molar-refractivity contribution < 1.29 is 14.3 Å². The number of amides is 1. The summed E-state index contributed by atoms with van der Waals surface area (Å²) in [5.41, 5.74) is 0. The molecular weight excluding hydrogens is 182 g/mol. The first-order valence-electron chi connectivity index (χ1n) is 5.19. The molecule has 14 heavy (non-hydrogen) atoms. The summed E-state index contributed by atoms with van der Waals surface area (Å²) in [4.78, 5) is 11.0. The molecule has 0 rings (SSSR count). The zero-order chi connectivity index (χ0) is 10.8. The molecule has 0 heterocycles. The Hall–Kier alpha value is -0.770. The van der Waals surface area contributed by atoms with Crippen LogP contribution in [0.5, 0.6) is 0 Å². The van der Waals surface area contributed by atoms with Crippen LogP contribution in [0.1, 0.15) is 33.6 Å². The summed E-state index contributed by atoms with van der Waals surface area (Å²) < 4.78 is 10.1. The minimum absolute atomic E-state index is 0.0731. The average molecular weight is 203 g/mol. The van der Waals surface area contributed by atoms with Crippen LogP contribution >= 0.6 is 0 Å². The van der Waals surface area contributed by atoms with Gasteiger partial charge >= 0.3 is 6.09 Å². The van der Waals surface area contributed by atoms with Crippen LogP contribution in [0.3, 0.4) is 0 Å². The number of carbonyl (C=O) groups is 1. The number of carbonyl (C=O) groups excluding carboxylic acids is 1. The maximum atomic E-state index is 11.0. The predicted octanol–water partition coefficient (Wildman–Crippen LogP) is 1.94. The number of alkyl carbamates (subject to hydrolysis) is 1. The highest BCUT2D eigenvalue weighted by atomic mass is 16.6. The number of hydrogen-bond acceptors (Lipinski definition) is 3.